The predicted octanol–water partition coefficient (Wildman–Crippen LogP) is 3.67. The number of unbranched alkanes of at least 4 members (excludes halogenated alkanes) is 2. The van der Waals surface area contributed by atoms with Gasteiger partial charge in [0.25, 0.3) is 0 Å². The van der Waals surface area contributed by atoms with E-state index in [1.807, 2.05) is 0 Å². The van der Waals surface area contributed by atoms with Crippen LogP contribution in [0.3, 0.4) is 0 Å². The third-order valence-corrected chi connectivity index (χ3v) is 4.94. The maximum Gasteiger partial charge on any atom is 0.0438 e. The minimum absolute atomic E-state index is 0.955. The van der Waals surface area contributed by atoms with E-state index in [4.69, 9.17) is 4.98 Å². The smallest absolute Gasteiger partial charge is 0.0438 e. The zero-order valence-electron chi connectivity index (χ0n) is 12.7. The lowest BCUT2D eigenvalue weighted by molar-refractivity contribution is 0.489. The van der Waals surface area contributed by atoms with E-state index in [2.05, 4.69) is 17.4 Å². The molecule has 0 amide bonds. The molecule has 1 atom stereocenters. The SMILES string of the molecule is c1cc2c(nc1CCCCC[C@@H]1CCNC1)CCCC2. The van der Waals surface area contributed by atoms with Crippen LogP contribution in [0, 0.1) is 5.92 Å². The molecule has 2 aliphatic rings. The lowest BCUT2D eigenvalue weighted by Crippen LogP contribution is -2.08. The summed E-state index contributed by atoms with van der Waals surface area (Å²) in [6.07, 6.45) is 13.2. The zero-order chi connectivity index (χ0) is 13.6. The summed E-state index contributed by atoms with van der Waals surface area (Å²) in [6.45, 7) is 2.50. The minimum atomic E-state index is 0.955. The predicted molar refractivity (Wildman–Crippen MR) is 84.0 cm³/mol. The fourth-order valence-corrected chi connectivity index (χ4v) is 3.64. The molecule has 0 radical (unpaired) electrons. The van der Waals surface area contributed by atoms with Crippen molar-refractivity contribution in [1.29, 1.82) is 0 Å². The van der Waals surface area contributed by atoms with Gasteiger partial charge in [0.15, 0.2) is 0 Å². The Labute approximate surface area is 123 Å². The number of nitrogens with zero attached hydrogens (tertiary/aromatic N) is 1. The highest BCUT2D eigenvalue weighted by atomic mass is 14.9. The Morgan fingerprint density at radius 1 is 1.10 bits per heavy atom. The van der Waals surface area contributed by atoms with Crippen molar-refractivity contribution < 1.29 is 0 Å². The number of rotatable bonds is 6. The first-order chi connectivity index (χ1) is 9.92. The van der Waals surface area contributed by atoms with Gasteiger partial charge in [-0.15, -0.1) is 0 Å². The third kappa shape index (κ3) is 3.82. The van der Waals surface area contributed by atoms with Crippen LogP contribution in [0.15, 0.2) is 12.1 Å². The van der Waals surface area contributed by atoms with E-state index in [9.17, 15) is 0 Å². The van der Waals surface area contributed by atoms with Crippen LogP contribution in [0.4, 0.5) is 0 Å². The van der Waals surface area contributed by atoms with Crippen molar-refractivity contribution in [3.05, 3.63) is 29.1 Å². The van der Waals surface area contributed by atoms with Crippen LogP contribution in [-0.2, 0) is 19.3 Å². The summed E-state index contributed by atoms with van der Waals surface area (Å²) in [5, 5.41) is 3.46. The van der Waals surface area contributed by atoms with Crippen molar-refractivity contribution in [3.8, 4) is 0 Å². The van der Waals surface area contributed by atoms with Crippen LogP contribution >= 0.6 is 0 Å². The summed E-state index contributed by atoms with van der Waals surface area (Å²) in [5.41, 5.74) is 4.23. The molecule has 0 bridgehead atoms. The number of hydrogen-bond donors (Lipinski definition) is 1. The van der Waals surface area contributed by atoms with Gasteiger partial charge in [0, 0.05) is 11.4 Å². The van der Waals surface area contributed by atoms with E-state index in [0.29, 0.717) is 0 Å². The Bertz CT molecular complexity index is 421. The van der Waals surface area contributed by atoms with E-state index in [-0.39, 0.29) is 0 Å². The summed E-state index contributed by atoms with van der Waals surface area (Å²) in [4.78, 5) is 4.88. The van der Waals surface area contributed by atoms with Gasteiger partial charge < -0.3 is 5.32 Å². The molecule has 1 aromatic heterocycles. The lowest BCUT2D eigenvalue weighted by atomic mass is 9.95. The normalized spacial score (nSPS) is 21.9. The van der Waals surface area contributed by atoms with Gasteiger partial charge in [-0.25, -0.2) is 0 Å². The Balaban J connectivity index is 1.37. The average Bonchev–Trinajstić information content (AvgIpc) is 3.00. The molecule has 2 nitrogen and oxygen atoms in total. The van der Waals surface area contributed by atoms with Gasteiger partial charge in [-0.2, -0.15) is 0 Å². The van der Waals surface area contributed by atoms with Crippen LogP contribution in [0.25, 0.3) is 0 Å². The van der Waals surface area contributed by atoms with E-state index < -0.39 is 0 Å². The molecule has 0 unspecified atom stereocenters. The topological polar surface area (TPSA) is 24.9 Å². The molecule has 1 saturated heterocycles. The van der Waals surface area contributed by atoms with Crippen LogP contribution in [0.1, 0.15) is 61.9 Å². The molecule has 0 saturated carbocycles. The van der Waals surface area contributed by atoms with Crippen LogP contribution in [0.2, 0.25) is 0 Å². The molecule has 1 aromatic rings. The molecular formula is C18H28N2. The third-order valence-electron chi connectivity index (χ3n) is 4.94. The monoisotopic (exact) mass is 272 g/mol. The van der Waals surface area contributed by atoms with Crippen molar-refractivity contribution in [3.63, 3.8) is 0 Å². The second kappa shape index (κ2) is 7.21. The molecule has 2 heterocycles. The highest BCUT2D eigenvalue weighted by molar-refractivity contribution is 5.25. The molecule has 0 spiro atoms. The van der Waals surface area contributed by atoms with Crippen LogP contribution in [0.5, 0.6) is 0 Å². The maximum atomic E-state index is 4.88. The molecular weight excluding hydrogens is 244 g/mol. The molecule has 110 valence electrons. The summed E-state index contributed by atoms with van der Waals surface area (Å²) >= 11 is 0. The first kappa shape index (κ1) is 14.1. The summed E-state index contributed by atoms with van der Waals surface area (Å²) in [5.74, 6) is 0.955. The zero-order valence-corrected chi connectivity index (χ0v) is 12.7. The van der Waals surface area contributed by atoms with Gasteiger partial charge in [-0.3, -0.25) is 4.98 Å². The Hall–Kier alpha value is -0.890. The van der Waals surface area contributed by atoms with Gasteiger partial charge in [-0.1, -0.05) is 18.9 Å². The van der Waals surface area contributed by atoms with Gasteiger partial charge >= 0.3 is 0 Å². The van der Waals surface area contributed by atoms with Crippen molar-refractivity contribution in [2.24, 2.45) is 5.92 Å². The molecule has 1 fully saturated rings. The Morgan fingerprint density at radius 2 is 2.05 bits per heavy atom. The molecule has 3 rings (SSSR count). The highest BCUT2D eigenvalue weighted by Crippen LogP contribution is 2.21. The molecule has 1 aliphatic heterocycles. The fourth-order valence-electron chi connectivity index (χ4n) is 3.64. The minimum Gasteiger partial charge on any atom is -0.316 e. The number of aryl methyl sites for hydroxylation is 3. The largest absolute Gasteiger partial charge is 0.316 e. The van der Waals surface area contributed by atoms with Gasteiger partial charge in [-0.05, 0) is 82.0 Å². The number of fused-ring (bicyclic) bond motifs is 1. The van der Waals surface area contributed by atoms with Crippen LogP contribution in [-0.4, -0.2) is 18.1 Å². The lowest BCUT2D eigenvalue weighted by Gasteiger charge is -2.15. The van der Waals surface area contributed by atoms with E-state index in [0.717, 1.165) is 5.92 Å². The summed E-state index contributed by atoms with van der Waals surface area (Å²) in [6, 6.07) is 4.60. The first-order valence-electron chi connectivity index (χ1n) is 8.60. The maximum absolute atomic E-state index is 4.88. The molecule has 0 aromatic carbocycles. The molecule has 1 N–H and O–H groups in total. The molecule has 2 heteroatoms. The van der Waals surface area contributed by atoms with Crippen molar-refractivity contribution in [2.75, 3.05) is 13.1 Å². The number of hydrogen-bond acceptors (Lipinski definition) is 2. The van der Waals surface area contributed by atoms with Crippen molar-refractivity contribution in [2.45, 2.75) is 64.2 Å². The van der Waals surface area contributed by atoms with Crippen LogP contribution < -0.4 is 5.32 Å². The first-order valence-corrected chi connectivity index (χ1v) is 8.60. The molecule has 1 aliphatic carbocycles. The van der Waals surface area contributed by atoms with Crippen molar-refractivity contribution >= 4 is 0 Å². The highest BCUT2D eigenvalue weighted by Gasteiger charge is 2.13. The standard InChI is InChI=1S/C18H28N2/c1(2-6-15-12-13-19-14-15)3-8-17-11-10-16-7-4-5-9-18(16)20-17/h10-11,15,19H,1-9,12-14H2/t15-/m1/s1. The second-order valence-corrected chi connectivity index (χ2v) is 6.57. The van der Waals surface area contributed by atoms with Gasteiger partial charge in [0.2, 0.25) is 0 Å². The number of nitrogens with one attached hydrogen (secondary N) is 1. The van der Waals surface area contributed by atoms with Crippen molar-refractivity contribution in [1.82, 2.24) is 10.3 Å². The Kier molecular flexibility index (Phi) is 5.07. The summed E-state index contributed by atoms with van der Waals surface area (Å²) in [7, 11) is 0. The summed E-state index contributed by atoms with van der Waals surface area (Å²) < 4.78 is 0. The van der Waals surface area contributed by atoms with Gasteiger partial charge in [0.1, 0.15) is 0 Å². The Morgan fingerprint density at radius 3 is 2.95 bits per heavy atom. The molecule has 20 heavy (non-hydrogen) atoms. The number of pyridine rings is 1. The van der Waals surface area contributed by atoms with E-state index in [1.165, 1.54) is 94.2 Å². The second-order valence-electron chi connectivity index (χ2n) is 6.57. The van der Waals surface area contributed by atoms with E-state index >= 15 is 0 Å². The fraction of sp³-hybridized carbons (Fsp3) is 0.722. The quantitative estimate of drug-likeness (QED) is 0.799. The van der Waals surface area contributed by atoms with E-state index in [1.54, 1.807) is 0 Å². The number of aromatic nitrogens is 1. The average molecular weight is 272 g/mol. The van der Waals surface area contributed by atoms with Gasteiger partial charge in [0.05, 0.1) is 0 Å².